The first-order valence-electron chi connectivity index (χ1n) is 10.3. The Hall–Kier alpha value is -3.96. The molecule has 0 aliphatic rings. The summed E-state index contributed by atoms with van der Waals surface area (Å²) in [5.74, 6) is -0.419. The lowest BCUT2D eigenvalue weighted by Gasteiger charge is -2.14. The predicted molar refractivity (Wildman–Crippen MR) is 119 cm³/mol. The molecule has 1 atom stereocenters. The van der Waals surface area contributed by atoms with Crippen LogP contribution in [0.25, 0.3) is 16.9 Å². The molecule has 0 saturated carbocycles. The molecule has 3 aromatic heterocycles. The second kappa shape index (κ2) is 9.89. The number of carbonyl (C=O) groups is 1. The Bertz CT molecular complexity index is 1310. The summed E-state index contributed by atoms with van der Waals surface area (Å²) in [6, 6.07) is 10.5. The third kappa shape index (κ3) is 4.70. The van der Waals surface area contributed by atoms with Gasteiger partial charge in [-0.15, -0.1) is 0 Å². The van der Waals surface area contributed by atoms with Gasteiger partial charge in [0.05, 0.1) is 18.0 Å². The zero-order valence-corrected chi connectivity index (χ0v) is 18.0. The minimum absolute atomic E-state index is 0.0794. The number of aliphatic hydroxyl groups is 2. The largest absolute Gasteiger partial charge is 0.487 e. The van der Waals surface area contributed by atoms with E-state index in [-0.39, 0.29) is 40.5 Å². The monoisotopic (exact) mass is 469 g/mol. The van der Waals surface area contributed by atoms with Crippen LogP contribution in [-0.4, -0.2) is 55.0 Å². The number of halogens is 2. The molecule has 4 aromatic rings. The number of amides is 1. The molecule has 0 saturated heterocycles. The minimum atomic E-state index is -2.76. The maximum absolute atomic E-state index is 13.7. The average molecular weight is 469 g/mol. The number of alkyl halides is 2. The van der Waals surface area contributed by atoms with Crippen LogP contribution in [0.15, 0.2) is 54.9 Å². The molecule has 9 nitrogen and oxygen atoms in total. The third-order valence-corrected chi connectivity index (χ3v) is 4.99. The Balaban J connectivity index is 1.87. The fourth-order valence-electron chi connectivity index (χ4n) is 3.38. The van der Waals surface area contributed by atoms with Crippen LogP contribution in [0.5, 0.6) is 5.75 Å². The molecule has 1 amide bonds. The van der Waals surface area contributed by atoms with E-state index >= 15 is 0 Å². The van der Waals surface area contributed by atoms with Gasteiger partial charge in [-0.3, -0.25) is 9.78 Å². The average Bonchev–Trinajstić information content (AvgIpc) is 3.18. The minimum Gasteiger partial charge on any atom is -0.487 e. The van der Waals surface area contributed by atoms with Gasteiger partial charge in [-0.1, -0.05) is 24.3 Å². The molecule has 0 aliphatic heterocycles. The number of pyridine rings is 1. The van der Waals surface area contributed by atoms with Gasteiger partial charge in [-0.2, -0.15) is 5.10 Å². The number of aromatic nitrogens is 4. The topological polar surface area (TPSA) is 122 Å². The lowest BCUT2D eigenvalue weighted by atomic mass is 10.0. The van der Waals surface area contributed by atoms with Gasteiger partial charge < -0.3 is 20.3 Å². The van der Waals surface area contributed by atoms with Gasteiger partial charge in [0.2, 0.25) is 0 Å². The molecule has 3 N–H and O–H groups in total. The van der Waals surface area contributed by atoms with Crippen LogP contribution in [0.1, 0.15) is 28.2 Å². The molecule has 0 aliphatic carbocycles. The van der Waals surface area contributed by atoms with Crippen molar-refractivity contribution in [3.8, 4) is 17.0 Å². The summed E-state index contributed by atoms with van der Waals surface area (Å²) in [6.07, 6.45) is -0.885. The lowest BCUT2D eigenvalue weighted by Crippen LogP contribution is -2.22. The van der Waals surface area contributed by atoms with Crippen molar-refractivity contribution >= 4 is 17.2 Å². The van der Waals surface area contributed by atoms with E-state index in [1.165, 1.54) is 41.2 Å². The quantitative estimate of drug-likeness (QED) is 0.363. The van der Waals surface area contributed by atoms with Crippen molar-refractivity contribution in [1.82, 2.24) is 19.6 Å². The van der Waals surface area contributed by atoms with Gasteiger partial charge in [-0.05, 0) is 19.1 Å². The number of rotatable bonds is 8. The first kappa shape index (κ1) is 23.2. The van der Waals surface area contributed by atoms with E-state index < -0.39 is 25.0 Å². The highest BCUT2D eigenvalue weighted by molar-refractivity contribution is 6.04. The molecule has 1 aromatic carbocycles. The summed E-state index contributed by atoms with van der Waals surface area (Å²) < 4.78 is 34.2. The lowest BCUT2D eigenvalue weighted by molar-refractivity contribution is 0.0539. The number of carbonyl (C=O) groups excluding carboxylic acids is 1. The van der Waals surface area contributed by atoms with Crippen molar-refractivity contribution in [2.75, 3.05) is 18.5 Å². The van der Waals surface area contributed by atoms with Crippen molar-refractivity contribution in [3.05, 3.63) is 71.8 Å². The van der Waals surface area contributed by atoms with Gasteiger partial charge in [-0.25, -0.2) is 18.3 Å². The SMILES string of the molecule is Cc1nc2c(OCC(O)CO)cc(-c3ccccc3C(F)F)nn2c1C(=O)Nc1ccncc1. The van der Waals surface area contributed by atoms with Crippen molar-refractivity contribution in [2.24, 2.45) is 0 Å². The van der Waals surface area contributed by atoms with Gasteiger partial charge in [0, 0.05) is 35.3 Å². The van der Waals surface area contributed by atoms with Gasteiger partial charge >= 0.3 is 0 Å². The van der Waals surface area contributed by atoms with E-state index in [2.05, 4.69) is 20.4 Å². The highest BCUT2D eigenvalue weighted by atomic mass is 19.3. The molecule has 0 bridgehead atoms. The maximum Gasteiger partial charge on any atom is 0.276 e. The van der Waals surface area contributed by atoms with Crippen LogP contribution in [-0.2, 0) is 0 Å². The standard InChI is InChI=1S/C23H21F2N5O4/c1-13-20(23(33)28-14-6-8-26-9-7-14)30-22(27-13)19(34-12-15(32)11-31)10-18(29-30)16-4-2-3-5-17(16)21(24)25/h2-10,15,21,31-32H,11-12H2,1H3,(H,26,28,33). The number of hydrogen-bond acceptors (Lipinski definition) is 7. The molecule has 34 heavy (non-hydrogen) atoms. The Kier molecular flexibility index (Phi) is 6.75. The summed E-state index contributed by atoms with van der Waals surface area (Å²) in [7, 11) is 0. The van der Waals surface area contributed by atoms with E-state index in [0.29, 0.717) is 11.4 Å². The van der Waals surface area contributed by atoms with Crippen molar-refractivity contribution in [3.63, 3.8) is 0 Å². The highest BCUT2D eigenvalue weighted by Crippen LogP contribution is 2.33. The van der Waals surface area contributed by atoms with Gasteiger partial charge in [0.1, 0.15) is 12.7 Å². The molecule has 0 radical (unpaired) electrons. The van der Waals surface area contributed by atoms with Crippen LogP contribution >= 0.6 is 0 Å². The summed E-state index contributed by atoms with van der Waals surface area (Å²) in [6.45, 7) is 0.793. The van der Waals surface area contributed by atoms with Gasteiger partial charge in [0.15, 0.2) is 17.1 Å². The second-order valence-corrected chi connectivity index (χ2v) is 7.40. The Morgan fingerprint density at radius 3 is 2.65 bits per heavy atom. The van der Waals surface area contributed by atoms with Crippen LogP contribution in [0.3, 0.4) is 0 Å². The molecule has 176 valence electrons. The third-order valence-electron chi connectivity index (χ3n) is 4.99. The van der Waals surface area contributed by atoms with Crippen molar-refractivity contribution in [1.29, 1.82) is 0 Å². The number of fused-ring (bicyclic) bond motifs is 1. The molecular formula is C23H21F2N5O4. The zero-order valence-electron chi connectivity index (χ0n) is 18.0. The number of anilines is 1. The first-order chi connectivity index (χ1) is 16.4. The number of nitrogens with zero attached hydrogens (tertiary/aromatic N) is 4. The molecule has 1 unspecified atom stereocenters. The number of aliphatic hydroxyl groups excluding tert-OH is 2. The second-order valence-electron chi connectivity index (χ2n) is 7.40. The Morgan fingerprint density at radius 2 is 1.94 bits per heavy atom. The molecule has 3 heterocycles. The summed E-state index contributed by atoms with van der Waals surface area (Å²) in [4.78, 5) is 21.4. The molecular weight excluding hydrogens is 448 g/mol. The Labute approximate surface area is 192 Å². The summed E-state index contributed by atoms with van der Waals surface area (Å²) in [5, 5.41) is 26.0. The normalized spacial score (nSPS) is 12.2. The van der Waals surface area contributed by atoms with Gasteiger partial charge in [0.25, 0.3) is 12.3 Å². The summed E-state index contributed by atoms with van der Waals surface area (Å²) in [5.41, 5.74) is 1.08. The maximum atomic E-state index is 13.7. The molecule has 0 fully saturated rings. The number of ether oxygens (including phenoxy) is 1. The first-order valence-corrected chi connectivity index (χ1v) is 10.3. The molecule has 11 heteroatoms. The number of nitrogens with one attached hydrogen (secondary N) is 1. The number of benzene rings is 1. The Morgan fingerprint density at radius 1 is 1.21 bits per heavy atom. The number of hydrogen-bond donors (Lipinski definition) is 3. The van der Waals surface area contributed by atoms with Crippen LogP contribution in [0, 0.1) is 6.92 Å². The van der Waals surface area contributed by atoms with Crippen LogP contribution < -0.4 is 10.1 Å². The zero-order chi connectivity index (χ0) is 24.2. The molecule has 0 spiro atoms. The van der Waals surface area contributed by atoms with Crippen molar-refractivity contribution < 1.29 is 28.5 Å². The smallest absolute Gasteiger partial charge is 0.276 e. The fourth-order valence-corrected chi connectivity index (χ4v) is 3.38. The van der Waals surface area contributed by atoms with Crippen LogP contribution in [0.4, 0.5) is 14.5 Å². The number of imidazole rings is 1. The van der Waals surface area contributed by atoms with Crippen molar-refractivity contribution in [2.45, 2.75) is 19.5 Å². The van der Waals surface area contributed by atoms with E-state index in [4.69, 9.17) is 9.84 Å². The van der Waals surface area contributed by atoms with Crippen LogP contribution in [0.2, 0.25) is 0 Å². The van der Waals surface area contributed by atoms with E-state index in [1.54, 1.807) is 25.1 Å². The predicted octanol–water partition coefficient (Wildman–Crippen LogP) is 3.02. The fraction of sp³-hybridized carbons (Fsp3) is 0.217. The number of aryl methyl sites for hydroxylation is 1. The highest BCUT2D eigenvalue weighted by Gasteiger charge is 2.24. The molecule has 4 rings (SSSR count). The van der Waals surface area contributed by atoms with E-state index in [1.807, 2.05) is 0 Å². The van der Waals surface area contributed by atoms with E-state index in [9.17, 15) is 18.7 Å². The summed E-state index contributed by atoms with van der Waals surface area (Å²) >= 11 is 0. The van der Waals surface area contributed by atoms with E-state index in [0.717, 1.165) is 0 Å².